The van der Waals surface area contributed by atoms with E-state index in [-0.39, 0.29) is 0 Å². The molecule has 0 aromatic heterocycles. The number of rotatable bonds is 5. The van der Waals surface area contributed by atoms with Crippen LogP contribution in [0.1, 0.15) is 36.5 Å². The molecule has 144 valence electrons. The Morgan fingerprint density at radius 1 is 0.857 bits per heavy atom. The van der Waals surface area contributed by atoms with Crippen molar-refractivity contribution < 1.29 is 0 Å². The van der Waals surface area contributed by atoms with Crippen molar-refractivity contribution in [1.82, 2.24) is 9.91 Å². The normalized spacial score (nSPS) is 15.8. The van der Waals surface area contributed by atoms with E-state index in [1.54, 1.807) is 0 Å². The maximum Gasteiger partial charge on any atom is 0.0542 e. The van der Waals surface area contributed by atoms with Crippen molar-refractivity contribution in [2.75, 3.05) is 26.2 Å². The second kappa shape index (κ2) is 8.57. The molecule has 3 aromatic carbocycles. The molecule has 0 aliphatic carbocycles. The van der Waals surface area contributed by atoms with Crippen molar-refractivity contribution in [3.8, 4) is 0 Å². The number of hydrogen-bond acceptors (Lipinski definition) is 3. The molecule has 3 heteroatoms. The Hall–Kier alpha value is -2.65. The zero-order valence-electron chi connectivity index (χ0n) is 16.9. The molecule has 28 heavy (non-hydrogen) atoms. The number of piperazine rings is 1. The van der Waals surface area contributed by atoms with Crippen LogP contribution in [0.5, 0.6) is 0 Å². The molecule has 1 aliphatic rings. The van der Waals surface area contributed by atoms with Crippen molar-refractivity contribution in [2.45, 2.75) is 26.3 Å². The molecule has 0 saturated carbocycles. The molecule has 1 heterocycles. The van der Waals surface area contributed by atoms with Gasteiger partial charge < -0.3 is 0 Å². The molecule has 0 N–H and O–H groups in total. The number of hydrazone groups is 1. The number of fused-ring (bicyclic) bond motifs is 1. The van der Waals surface area contributed by atoms with Gasteiger partial charge in [-0.1, -0.05) is 80.6 Å². The topological polar surface area (TPSA) is 18.8 Å². The predicted molar refractivity (Wildman–Crippen MR) is 119 cm³/mol. The summed E-state index contributed by atoms with van der Waals surface area (Å²) < 4.78 is 0. The van der Waals surface area contributed by atoms with Crippen LogP contribution in [0.25, 0.3) is 10.8 Å². The fourth-order valence-electron chi connectivity index (χ4n) is 3.80. The summed E-state index contributed by atoms with van der Waals surface area (Å²) >= 11 is 0. The Kier molecular flexibility index (Phi) is 5.73. The fourth-order valence-corrected chi connectivity index (χ4v) is 3.80. The first kappa shape index (κ1) is 18.7. The smallest absolute Gasteiger partial charge is 0.0542 e. The van der Waals surface area contributed by atoms with E-state index in [1.807, 2.05) is 6.21 Å². The Balaban J connectivity index is 1.33. The summed E-state index contributed by atoms with van der Waals surface area (Å²) in [6, 6.07) is 24.0. The fraction of sp³-hybridized carbons (Fsp3) is 0.320. The number of hydrogen-bond donors (Lipinski definition) is 0. The van der Waals surface area contributed by atoms with Crippen molar-refractivity contribution in [1.29, 1.82) is 0 Å². The van der Waals surface area contributed by atoms with Crippen LogP contribution in [0.3, 0.4) is 0 Å². The third-order valence-corrected chi connectivity index (χ3v) is 5.60. The van der Waals surface area contributed by atoms with E-state index in [0.717, 1.165) is 32.7 Å². The maximum atomic E-state index is 4.70. The van der Waals surface area contributed by atoms with E-state index in [2.05, 4.69) is 90.5 Å². The molecule has 1 fully saturated rings. The average Bonchev–Trinajstić information content (AvgIpc) is 2.74. The van der Waals surface area contributed by atoms with E-state index >= 15 is 0 Å². The van der Waals surface area contributed by atoms with Crippen LogP contribution >= 0.6 is 0 Å². The molecule has 0 bridgehead atoms. The van der Waals surface area contributed by atoms with Gasteiger partial charge in [0.15, 0.2) is 0 Å². The first-order valence-electron chi connectivity index (χ1n) is 10.3. The highest BCUT2D eigenvalue weighted by atomic mass is 15.5. The second-order valence-electron chi connectivity index (χ2n) is 7.93. The highest BCUT2D eigenvalue weighted by Gasteiger charge is 2.16. The molecular formula is C25H29N3. The lowest BCUT2D eigenvalue weighted by Crippen LogP contribution is -2.43. The van der Waals surface area contributed by atoms with Gasteiger partial charge in [0.25, 0.3) is 0 Å². The van der Waals surface area contributed by atoms with Crippen LogP contribution in [0.4, 0.5) is 0 Å². The van der Waals surface area contributed by atoms with Gasteiger partial charge in [-0.25, -0.2) is 0 Å². The minimum absolute atomic E-state index is 0.570. The van der Waals surface area contributed by atoms with E-state index in [0.29, 0.717) is 5.92 Å². The monoisotopic (exact) mass is 371 g/mol. The highest BCUT2D eigenvalue weighted by molar-refractivity contribution is 5.85. The first-order valence-corrected chi connectivity index (χ1v) is 10.3. The van der Waals surface area contributed by atoms with E-state index in [9.17, 15) is 0 Å². The Bertz CT molecular complexity index is 930. The number of benzene rings is 3. The largest absolute Gasteiger partial charge is 0.295 e. The quantitative estimate of drug-likeness (QED) is 0.580. The summed E-state index contributed by atoms with van der Waals surface area (Å²) in [6.07, 6.45) is 1.99. The van der Waals surface area contributed by atoms with Gasteiger partial charge in [0.05, 0.1) is 6.21 Å². The molecule has 3 aromatic rings. The maximum absolute atomic E-state index is 4.70. The first-order chi connectivity index (χ1) is 13.7. The van der Waals surface area contributed by atoms with Crippen LogP contribution in [0, 0.1) is 0 Å². The van der Waals surface area contributed by atoms with Crippen molar-refractivity contribution in [2.24, 2.45) is 5.10 Å². The third-order valence-electron chi connectivity index (χ3n) is 5.60. The second-order valence-corrected chi connectivity index (χ2v) is 7.93. The average molecular weight is 372 g/mol. The SMILES string of the molecule is CC(C)c1ccc(/C=N/N2CCN(Cc3cccc4ccccc34)CC2)cc1. The van der Waals surface area contributed by atoms with Crippen molar-refractivity contribution in [3.63, 3.8) is 0 Å². The summed E-state index contributed by atoms with van der Waals surface area (Å²) in [5, 5.41) is 9.59. The van der Waals surface area contributed by atoms with Crippen LogP contribution in [-0.2, 0) is 6.54 Å². The molecular weight excluding hydrogens is 342 g/mol. The van der Waals surface area contributed by atoms with Crippen LogP contribution in [0.2, 0.25) is 0 Å². The molecule has 1 aliphatic heterocycles. The van der Waals surface area contributed by atoms with Gasteiger partial charge in [-0.15, -0.1) is 0 Å². The lowest BCUT2D eigenvalue weighted by Gasteiger charge is -2.33. The summed E-state index contributed by atoms with van der Waals surface area (Å²) in [6.45, 7) is 9.51. The zero-order valence-corrected chi connectivity index (χ0v) is 16.9. The van der Waals surface area contributed by atoms with Crippen molar-refractivity contribution in [3.05, 3.63) is 83.4 Å². The van der Waals surface area contributed by atoms with Gasteiger partial charge in [0, 0.05) is 32.7 Å². The Labute approximate surface area is 168 Å². The minimum Gasteiger partial charge on any atom is -0.295 e. The van der Waals surface area contributed by atoms with E-state index in [1.165, 1.54) is 27.5 Å². The van der Waals surface area contributed by atoms with E-state index in [4.69, 9.17) is 5.10 Å². The molecule has 0 radical (unpaired) electrons. The molecule has 0 spiro atoms. The van der Waals surface area contributed by atoms with Gasteiger partial charge in [-0.3, -0.25) is 9.91 Å². The molecule has 0 unspecified atom stereocenters. The van der Waals surface area contributed by atoms with Crippen molar-refractivity contribution >= 4 is 17.0 Å². The lowest BCUT2D eigenvalue weighted by molar-refractivity contribution is 0.131. The third kappa shape index (κ3) is 4.42. The van der Waals surface area contributed by atoms with Crippen LogP contribution in [-0.4, -0.2) is 42.3 Å². The van der Waals surface area contributed by atoms with Gasteiger partial charge >= 0.3 is 0 Å². The van der Waals surface area contributed by atoms with Crippen LogP contribution in [0.15, 0.2) is 71.8 Å². The van der Waals surface area contributed by atoms with Gasteiger partial charge in [-0.2, -0.15) is 5.10 Å². The van der Waals surface area contributed by atoms with E-state index < -0.39 is 0 Å². The lowest BCUT2D eigenvalue weighted by atomic mass is 10.0. The zero-order chi connectivity index (χ0) is 19.3. The highest BCUT2D eigenvalue weighted by Crippen LogP contribution is 2.20. The predicted octanol–water partition coefficient (Wildman–Crippen LogP) is 5.11. The summed E-state index contributed by atoms with van der Waals surface area (Å²) in [7, 11) is 0. The van der Waals surface area contributed by atoms with Crippen LogP contribution < -0.4 is 0 Å². The summed E-state index contributed by atoms with van der Waals surface area (Å²) in [4.78, 5) is 2.53. The summed E-state index contributed by atoms with van der Waals surface area (Å²) in [5.74, 6) is 0.570. The number of nitrogens with zero attached hydrogens (tertiary/aromatic N) is 3. The standard InChI is InChI=1S/C25H29N3/c1-20(2)22-12-10-21(11-13-22)18-26-28-16-14-27(15-17-28)19-24-8-5-7-23-6-3-4-9-25(23)24/h3-13,18,20H,14-17,19H2,1-2H3/b26-18+. The molecule has 0 amide bonds. The minimum atomic E-state index is 0.570. The molecule has 3 nitrogen and oxygen atoms in total. The Morgan fingerprint density at radius 3 is 2.32 bits per heavy atom. The molecule has 4 rings (SSSR count). The van der Waals surface area contributed by atoms with Gasteiger partial charge in [-0.05, 0) is 33.4 Å². The molecule has 1 saturated heterocycles. The van der Waals surface area contributed by atoms with Gasteiger partial charge in [0.1, 0.15) is 0 Å². The molecule has 0 atom stereocenters. The van der Waals surface area contributed by atoms with Gasteiger partial charge in [0.2, 0.25) is 0 Å². The Morgan fingerprint density at radius 2 is 1.57 bits per heavy atom. The summed E-state index contributed by atoms with van der Waals surface area (Å²) in [5.41, 5.74) is 3.96.